The molecule has 122 valence electrons. The molecule has 2 aromatic carbocycles. The van der Waals surface area contributed by atoms with Crippen LogP contribution in [0.1, 0.15) is 45.2 Å². The number of rotatable bonds is 3. The summed E-state index contributed by atoms with van der Waals surface area (Å²) in [7, 11) is 0. The summed E-state index contributed by atoms with van der Waals surface area (Å²) in [5.41, 5.74) is 6.77. The molecule has 0 bridgehead atoms. The van der Waals surface area contributed by atoms with E-state index in [1.54, 1.807) is 0 Å². The fourth-order valence-corrected chi connectivity index (χ4v) is 3.48. The average Bonchev–Trinajstić information content (AvgIpc) is 2.50. The molecular weight excluding hydrogens is 280 g/mol. The maximum Gasteiger partial charge on any atom is 0.0434 e. The third-order valence-corrected chi connectivity index (χ3v) is 5.04. The number of aryl methyl sites for hydroxylation is 1. The largest absolute Gasteiger partial charge is 0.369 e. The highest BCUT2D eigenvalue weighted by atomic mass is 15.2. The van der Waals surface area contributed by atoms with Crippen LogP contribution in [0.15, 0.2) is 42.5 Å². The molecule has 3 rings (SSSR count). The molecule has 0 saturated heterocycles. The van der Waals surface area contributed by atoms with E-state index in [0.29, 0.717) is 6.04 Å². The first-order chi connectivity index (χ1) is 10.9. The Kier molecular flexibility index (Phi) is 4.09. The monoisotopic (exact) mass is 308 g/mol. The van der Waals surface area contributed by atoms with Crippen LogP contribution in [0.3, 0.4) is 0 Å². The Morgan fingerprint density at radius 3 is 2.43 bits per heavy atom. The van der Waals surface area contributed by atoms with Gasteiger partial charge in [-0.25, -0.2) is 0 Å². The Bertz CT molecular complexity index is 686. The summed E-state index contributed by atoms with van der Waals surface area (Å²) in [6, 6.07) is 15.7. The lowest BCUT2D eigenvalue weighted by atomic mass is 9.76. The smallest absolute Gasteiger partial charge is 0.0434 e. The summed E-state index contributed by atoms with van der Waals surface area (Å²) in [4.78, 5) is 2.54. The number of para-hydroxylation sites is 1. The maximum atomic E-state index is 3.58. The van der Waals surface area contributed by atoms with Crippen molar-refractivity contribution in [1.82, 2.24) is 0 Å². The molecule has 23 heavy (non-hydrogen) atoms. The Morgan fingerprint density at radius 1 is 1.09 bits per heavy atom. The zero-order valence-electron chi connectivity index (χ0n) is 15.0. The van der Waals surface area contributed by atoms with E-state index in [1.165, 1.54) is 28.9 Å². The van der Waals surface area contributed by atoms with E-state index in [9.17, 15) is 0 Å². The van der Waals surface area contributed by atoms with E-state index in [-0.39, 0.29) is 5.41 Å². The molecule has 2 heteroatoms. The minimum atomic E-state index is 0.247. The number of fused-ring (bicyclic) bond motifs is 1. The molecule has 2 nitrogen and oxygen atoms in total. The summed E-state index contributed by atoms with van der Waals surface area (Å²) < 4.78 is 0. The van der Waals surface area contributed by atoms with Gasteiger partial charge in [0.25, 0.3) is 0 Å². The second-order valence-corrected chi connectivity index (χ2v) is 7.60. The van der Waals surface area contributed by atoms with Gasteiger partial charge in [0.1, 0.15) is 0 Å². The van der Waals surface area contributed by atoms with Gasteiger partial charge in [0, 0.05) is 29.6 Å². The van der Waals surface area contributed by atoms with Crippen LogP contribution in [0.25, 0.3) is 0 Å². The van der Waals surface area contributed by atoms with Gasteiger partial charge in [0.05, 0.1) is 0 Å². The molecule has 1 N–H and O–H groups in total. The van der Waals surface area contributed by atoms with E-state index in [4.69, 9.17) is 0 Å². The van der Waals surface area contributed by atoms with Gasteiger partial charge in [-0.2, -0.15) is 0 Å². The Balaban J connectivity index is 2.05. The van der Waals surface area contributed by atoms with E-state index < -0.39 is 0 Å². The SMILES string of the molecule is Cc1cc2c(cc1Nc1ccccc1)N(C(C)C)CCC2(C)C. The molecule has 1 aliphatic rings. The standard InChI is InChI=1S/C21H28N2/c1-15(2)23-12-11-21(4,5)18-13-16(3)19(14-20(18)23)22-17-9-7-6-8-10-17/h6-10,13-15,22H,11-12H2,1-5H3. The number of nitrogens with one attached hydrogen (secondary N) is 1. The molecule has 0 saturated carbocycles. The lowest BCUT2D eigenvalue weighted by Crippen LogP contribution is -2.41. The molecule has 1 aliphatic heterocycles. The molecule has 0 radical (unpaired) electrons. The fourth-order valence-electron chi connectivity index (χ4n) is 3.48. The van der Waals surface area contributed by atoms with E-state index in [2.05, 4.69) is 81.2 Å². The molecular formula is C21H28N2. The summed E-state index contributed by atoms with van der Waals surface area (Å²) >= 11 is 0. The Morgan fingerprint density at radius 2 is 1.78 bits per heavy atom. The van der Waals surface area contributed by atoms with E-state index in [0.717, 1.165) is 12.2 Å². The van der Waals surface area contributed by atoms with Crippen LogP contribution in [0.5, 0.6) is 0 Å². The van der Waals surface area contributed by atoms with E-state index in [1.807, 2.05) is 6.07 Å². The molecule has 2 aromatic rings. The molecule has 0 aromatic heterocycles. The first-order valence-electron chi connectivity index (χ1n) is 8.62. The fraction of sp³-hybridized carbons (Fsp3) is 0.429. The van der Waals surface area contributed by atoms with Crippen molar-refractivity contribution < 1.29 is 0 Å². The molecule has 0 atom stereocenters. The molecule has 0 fully saturated rings. The summed E-state index contributed by atoms with van der Waals surface area (Å²) in [5.74, 6) is 0. The second kappa shape index (κ2) is 5.92. The quantitative estimate of drug-likeness (QED) is 0.790. The van der Waals surface area contributed by atoms with Crippen molar-refractivity contribution >= 4 is 17.1 Å². The number of anilines is 3. The van der Waals surface area contributed by atoms with Gasteiger partial charge in [-0.05, 0) is 61.9 Å². The van der Waals surface area contributed by atoms with Crippen LogP contribution in [-0.2, 0) is 5.41 Å². The van der Waals surface area contributed by atoms with Crippen LogP contribution < -0.4 is 10.2 Å². The first kappa shape index (κ1) is 15.9. The van der Waals surface area contributed by atoms with Gasteiger partial charge < -0.3 is 10.2 Å². The zero-order chi connectivity index (χ0) is 16.6. The maximum absolute atomic E-state index is 3.58. The highest BCUT2D eigenvalue weighted by Gasteiger charge is 2.32. The number of hydrogen-bond donors (Lipinski definition) is 1. The lowest BCUT2D eigenvalue weighted by Gasteiger charge is -2.43. The summed E-state index contributed by atoms with van der Waals surface area (Å²) in [5, 5.41) is 3.58. The van der Waals surface area contributed by atoms with Crippen LogP contribution in [0.2, 0.25) is 0 Å². The van der Waals surface area contributed by atoms with Crippen LogP contribution in [0.4, 0.5) is 17.1 Å². The highest BCUT2D eigenvalue weighted by Crippen LogP contribution is 2.43. The molecule has 0 spiro atoms. The van der Waals surface area contributed by atoms with Crippen molar-refractivity contribution in [2.75, 3.05) is 16.8 Å². The predicted octanol–water partition coefficient (Wildman–Crippen LogP) is 5.63. The normalized spacial score (nSPS) is 16.3. The minimum Gasteiger partial charge on any atom is -0.369 e. The topological polar surface area (TPSA) is 15.3 Å². The van der Waals surface area contributed by atoms with Crippen molar-refractivity contribution in [3.05, 3.63) is 53.6 Å². The van der Waals surface area contributed by atoms with Crippen molar-refractivity contribution in [2.45, 2.75) is 52.5 Å². The summed E-state index contributed by atoms with van der Waals surface area (Å²) in [6.07, 6.45) is 1.21. The van der Waals surface area contributed by atoms with Crippen molar-refractivity contribution in [3.63, 3.8) is 0 Å². The van der Waals surface area contributed by atoms with Gasteiger partial charge in [-0.3, -0.25) is 0 Å². The van der Waals surface area contributed by atoms with Gasteiger partial charge in [-0.15, -0.1) is 0 Å². The van der Waals surface area contributed by atoms with E-state index >= 15 is 0 Å². The molecule has 0 unspecified atom stereocenters. The minimum absolute atomic E-state index is 0.247. The third-order valence-electron chi connectivity index (χ3n) is 5.04. The van der Waals surface area contributed by atoms with Crippen molar-refractivity contribution in [1.29, 1.82) is 0 Å². The Hall–Kier alpha value is -1.96. The third kappa shape index (κ3) is 3.08. The van der Waals surface area contributed by atoms with Crippen molar-refractivity contribution in [2.24, 2.45) is 0 Å². The highest BCUT2D eigenvalue weighted by molar-refractivity contribution is 5.73. The van der Waals surface area contributed by atoms with Gasteiger partial charge in [0.15, 0.2) is 0 Å². The number of benzene rings is 2. The van der Waals surface area contributed by atoms with Gasteiger partial charge in [-0.1, -0.05) is 38.1 Å². The zero-order valence-corrected chi connectivity index (χ0v) is 15.0. The molecule has 0 aliphatic carbocycles. The van der Waals surface area contributed by atoms with Gasteiger partial charge >= 0.3 is 0 Å². The molecule has 0 amide bonds. The lowest BCUT2D eigenvalue weighted by molar-refractivity contribution is 0.442. The van der Waals surface area contributed by atoms with Crippen LogP contribution >= 0.6 is 0 Å². The van der Waals surface area contributed by atoms with Crippen molar-refractivity contribution in [3.8, 4) is 0 Å². The average molecular weight is 308 g/mol. The number of nitrogens with zero attached hydrogens (tertiary/aromatic N) is 1. The second-order valence-electron chi connectivity index (χ2n) is 7.60. The number of hydrogen-bond acceptors (Lipinski definition) is 2. The molecule has 1 heterocycles. The van der Waals surface area contributed by atoms with Crippen LogP contribution in [0, 0.1) is 6.92 Å². The predicted molar refractivity (Wildman–Crippen MR) is 101 cm³/mol. The Labute approximate surface area is 140 Å². The first-order valence-corrected chi connectivity index (χ1v) is 8.62. The summed E-state index contributed by atoms with van der Waals surface area (Å²) in [6.45, 7) is 12.6. The van der Waals surface area contributed by atoms with Gasteiger partial charge in [0.2, 0.25) is 0 Å². The van der Waals surface area contributed by atoms with Crippen LogP contribution in [-0.4, -0.2) is 12.6 Å².